The second-order valence-electron chi connectivity index (χ2n) is 4.11. The summed E-state index contributed by atoms with van der Waals surface area (Å²) in [5.74, 6) is -0.769. The average molecular weight is 296 g/mol. The van der Waals surface area contributed by atoms with E-state index in [4.69, 9.17) is 14.6 Å². The molecule has 1 rings (SSSR count). The molecule has 0 radical (unpaired) electrons. The van der Waals surface area contributed by atoms with Crippen molar-refractivity contribution in [3.8, 4) is 5.75 Å². The van der Waals surface area contributed by atoms with Gasteiger partial charge in [-0.05, 0) is 25.5 Å². The van der Waals surface area contributed by atoms with Crippen molar-refractivity contribution in [1.29, 1.82) is 0 Å². The van der Waals surface area contributed by atoms with E-state index in [1.54, 1.807) is 24.3 Å². The molecule has 0 saturated heterocycles. The highest BCUT2D eigenvalue weighted by molar-refractivity contribution is 5.90. The number of ether oxygens (including phenoxy) is 2. The van der Waals surface area contributed by atoms with Gasteiger partial charge in [-0.25, -0.2) is 9.59 Å². The maximum Gasteiger partial charge on any atom is 0.341 e. The van der Waals surface area contributed by atoms with E-state index >= 15 is 0 Å². The molecule has 0 unspecified atom stereocenters. The summed E-state index contributed by atoms with van der Waals surface area (Å²) in [6.07, 6.45) is 0.721. The van der Waals surface area contributed by atoms with E-state index in [0.717, 1.165) is 6.42 Å². The fraction of sp³-hybridized carbons (Fsp3) is 0.429. The predicted molar refractivity (Wildman–Crippen MR) is 77.7 cm³/mol. The van der Waals surface area contributed by atoms with Crippen LogP contribution in [0.4, 0.5) is 10.5 Å². The molecular weight excluding hydrogens is 276 g/mol. The highest BCUT2D eigenvalue weighted by Crippen LogP contribution is 2.23. The van der Waals surface area contributed by atoms with E-state index in [0.29, 0.717) is 31.2 Å². The van der Waals surface area contributed by atoms with Crippen molar-refractivity contribution in [2.24, 2.45) is 0 Å². The Morgan fingerprint density at radius 3 is 2.76 bits per heavy atom. The third-order valence-corrected chi connectivity index (χ3v) is 2.44. The SMILES string of the molecule is CCOCCCNC(=O)Nc1ccccc1OCC(=O)O. The second kappa shape index (κ2) is 9.60. The molecule has 0 aliphatic carbocycles. The standard InChI is InChI=1S/C14H20N2O5/c1-2-20-9-5-8-15-14(19)16-11-6-3-4-7-12(11)21-10-13(17)18/h3-4,6-7H,2,5,8-10H2,1H3,(H,17,18)(H2,15,16,19). The van der Waals surface area contributed by atoms with E-state index < -0.39 is 12.6 Å². The van der Waals surface area contributed by atoms with Gasteiger partial charge in [0, 0.05) is 19.8 Å². The molecule has 0 aromatic heterocycles. The third-order valence-electron chi connectivity index (χ3n) is 2.44. The van der Waals surface area contributed by atoms with E-state index in [1.165, 1.54) is 0 Å². The number of amides is 2. The molecule has 21 heavy (non-hydrogen) atoms. The molecule has 0 heterocycles. The number of hydrogen-bond acceptors (Lipinski definition) is 4. The number of benzene rings is 1. The van der Waals surface area contributed by atoms with Crippen molar-refractivity contribution in [2.45, 2.75) is 13.3 Å². The van der Waals surface area contributed by atoms with Gasteiger partial charge in [0.25, 0.3) is 0 Å². The fourth-order valence-electron chi connectivity index (χ4n) is 1.52. The maximum absolute atomic E-state index is 11.7. The highest BCUT2D eigenvalue weighted by atomic mass is 16.5. The molecule has 0 aliphatic heterocycles. The Labute approximate surface area is 123 Å². The van der Waals surface area contributed by atoms with Crippen LogP contribution in [0.5, 0.6) is 5.75 Å². The van der Waals surface area contributed by atoms with Crippen molar-refractivity contribution in [3.63, 3.8) is 0 Å². The minimum absolute atomic E-state index is 0.310. The van der Waals surface area contributed by atoms with Crippen LogP contribution in [0, 0.1) is 0 Å². The lowest BCUT2D eigenvalue weighted by atomic mass is 10.3. The van der Waals surface area contributed by atoms with E-state index in [-0.39, 0.29) is 6.03 Å². The van der Waals surface area contributed by atoms with Gasteiger partial charge < -0.3 is 25.2 Å². The van der Waals surface area contributed by atoms with Gasteiger partial charge in [0.05, 0.1) is 5.69 Å². The molecule has 0 spiro atoms. The summed E-state index contributed by atoms with van der Waals surface area (Å²) in [4.78, 5) is 22.2. The zero-order valence-corrected chi connectivity index (χ0v) is 11.9. The van der Waals surface area contributed by atoms with Crippen molar-refractivity contribution >= 4 is 17.7 Å². The lowest BCUT2D eigenvalue weighted by molar-refractivity contribution is -0.139. The zero-order chi connectivity index (χ0) is 15.5. The molecule has 1 aromatic rings. The Morgan fingerprint density at radius 1 is 1.29 bits per heavy atom. The molecule has 0 aliphatic rings. The molecular formula is C14H20N2O5. The maximum atomic E-state index is 11.7. The molecule has 7 heteroatoms. The monoisotopic (exact) mass is 296 g/mol. The van der Waals surface area contributed by atoms with Crippen LogP contribution in [0.25, 0.3) is 0 Å². The van der Waals surface area contributed by atoms with Crippen LogP contribution in [-0.2, 0) is 9.53 Å². The number of carboxylic acids is 1. The average Bonchev–Trinajstić information content (AvgIpc) is 2.46. The van der Waals surface area contributed by atoms with Gasteiger partial charge in [-0.1, -0.05) is 12.1 Å². The minimum atomic E-state index is -1.08. The first-order valence-electron chi connectivity index (χ1n) is 6.69. The molecule has 3 N–H and O–H groups in total. The fourth-order valence-corrected chi connectivity index (χ4v) is 1.52. The number of rotatable bonds is 9. The van der Waals surface area contributed by atoms with Gasteiger partial charge in [-0.2, -0.15) is 0 Å². The molecule has 2 amide bonds. The molecule has 1 aromatic carbocycles. The van der Waals surface area contributed by atoms with Crippen LogP contribution in [0.3, 0.4) is 0 Å². The van der Waals surface area contributed by atoms with Crippen LogP contribution in [-0.4, -0.2) is 43.5 Å². The molecule has 0 fully saturated rings. The van der Waals surface area contributed by atoms with Crippen LogP contribution in [0.15, 0.2) is 24.3 Å². The number of carbonyl (C=O) groups is 2. The lowest BCUT2D eigenvalue weighted by Crippen LogP contribution is -2.30. The lowest BCUT2D eigenvalue weighted by Gasteiger charge is -2.12. The van der Waals surface area contributed by atoms with Crippen LogP contribution in [0.1, 0.15) is 13.3 Å². The van der Waals surface area contributed by atoms with Crippen LogP contribution in [0.2, 0.25) is 0 Å². The van der Waals surface area contributed by atoms with E-state index in [9.17, 15) is 9.59 Å². The third kappa shape index (κ3) is 7.17. The van der Waals surface area contributed by atoms with Gasteiger partial charge in [0.1, 0.15) is 5.75 Å². The number of hydrogen-bond donors (Lipinski definition) is 3. The summed E-state index contributed by atoms with van der Waals surface area (Å²) >= 11 is 0. The summed E-state index contributed by atoms with van der Waals surface area (Å²) in [5.41, 5.74) is 0.418. The van der Waals surface area contributed by atoms with E-state index in [1.807, 2.05) is 6.92 Å². The normalized spacial score (nSPS) is 9.95. The predicted octanol–water partition coefficient (Wildman–Crippen LogP) is 1.70. The number of anilines is 1. The first-order valence-corrected chi connectivity index (χ1v) is 6.69. The number of para-hydroxylation sites is 2. The van der Waals surface area contributed by atoms with Crippen LogP contribution >= 0.6 is 0 Å². The van der Waals surface area contributed by atoms with Crippen molar-refractivity contribution in [3.05, 3.63) is 24.3 Å². The quantitative estimate of drug-likeness (QED) is 0.603. The zero-order valence-electron chi connectivity index (χ0n) is 11.9. The van der Waals surface area contributed by atoms with Gasteiger partial charge in [0.2, 0.25) is 0 Å². The smallest absolute Gasteiger partial charge is 0.341 e. The molecule has 0 bridgehead atoms. The van der Waals surface area contributed by atoms with Gasteiger partial charge in [-0.15, -0.1) is 0 Å². The molecule has 0 saturated carbocycles. The number of carboxylic acid groups (broad SMARTS) is 1. The number of nitrogens with one attached hydrogen (secondary N) is 2. The van der Waals surface area contributed by atoms with Gasteiger partial charge >= 0.3 is 12.0 Å². The Morgan fingerprint density at radius 2 is 2.05 bits per heavy atom. The first-order chi connectivity index (χ1) is 10.1. The molecule has 116 valence electrons. The largest absolute Gasteiger partial charge is 0.480 e. The minimum Gasteiger partial charge on any atom is -0.480 e. The second-order valence-corrected chi connectivity index (χ2v) is 4.11. The van der Waals surface area contributed by atoms with Gasteiger partial charge in [0.15, 0.2) is 6.61 Å². The topological polar surface area (TPSA) is 96.9 Å². The molecule has 7 nitrogen and oxygen atoms in total. The molecule has 0 atom stereocenters. The Kier molecular flexibility index (Phi) is 7.67. The number of urea groups is 1. The van der Waals surface area contributed by atoms with Crippen molar-refractivity contribution in [1.82, 2.24) is 5.32 Å². The van der Waals surface area contributed by atoms with Crippen molar-refractivity contribution in [2.75, 3.05) is 31.7 Å². The highest BCUT2D eigenvalue weighted by Gasteiger charge is 2.08. The summed E-state index contributed by atoms with van der Waals surface area (Å²) in [6, 6.07) is 6.27. The Bertz CT molecular complexity index is 464. The summed E-state index contributed by atoms with van der Waals surface area (Å²) in [5, 5.41) is 13.9. The Balaban J connectivity index is 2.42. The first kappa shape index (κ1) is 16.8. The summed E-state index contributed by atoms with van der Waals surface area (Å²) in [7, 11) is 0. The van der Waals surface area contributed by atoms with E-state index in [2.05, 4.69) is 10.6 Å². The van der Waals surface area contributed by atoms with Gasteiger partial charge in [-0.3, -0.25) is 0 Å². The number of carbonyl (C=O) groups excluding carboxylic acids is 1. The van der Waals surface area contributed by atoms with Crippen LogP contribution < -0.4 is 15.4 Å². The summed E-state index contributed by atoms with van der Waals surface area (Å²) < 4.78 is 10.3. The number of aliphatic carboxylic acids is 1. The summed E-state index contributed by atoms with van der Waals surface area (Å²) in [6.45, 7) is 3.18. The van der Waals surface area contributed by atoms with Crippen molar-refractivity contribution < 1.29 is 24.2 Å². The Hall–Kier alpha value is -2.28.